The second-order valence-electron chi connectivity index (χ2n) is 6.79. The lowest BCUT2D eigenvalue weighted by atomic mass is 10.2. The van der Waals surface area contributed by atoms with Crippen molar-refractivity contribution in [1.29, 1.82) is 0 Å². The summed E-state index contributed by atoms with van der Waals surface area (Å²) >= 11 is 0. The highest BCUT2D eigenvalue weighted by atomic mass is 32.2. The SMILES string of the molecule is CNS(=O)(=O)c1ccc(F)c(C(=O)NCc2ccc(S(=O)(=O)N3CCCC3)cc2)c1. The quantitative estimate of drug-likeness (QED) is 0.656. The van der Waals surface area contributed by atoms with Gasteiger partial charge in [0.15, 0.2) is 0 Å². The van der Waals surface area contributed by atoms with Crippen molar-refractivity contribution in [3.63, 3.8) is 0 Å². The molecule has 162 valence electrons. The van der Waals surface area contributed by atoms with E-state index in [-0.39, 0.29) is 16.3 Å². The monoisotopic (exact) mass is 455 g/mol. The first-order chi connectivity index (χ1) is 14.1. The number of hydrogen-bond donors (Lipinski definition) is 2. The van der Waals surface area contributed by atoms with Gasteiger partial charge in [-0.1, -0.05) is 12.1 Å². The van der Waals surface area contributed by atoms with Crippen LogP contribution < -0.4 is 10.0 Å². The minimum atomic E-state index is -3.82. The zero-order chi connectivity index (χ0) is 21.9. The standard InChI is InChI=1S/C19H22FN3O5S2/c1-21-29(25,26)16-8-9-18(20)17(12-16)19(24)22-13-14-4-6-15(7-5-14)30(27,28)23-10-2-3-11-23/h4-9,12,21H,2-3,10-11,13H2,1H3,(H,22,24). The van der Waals surface area contributed by atoms with Crippen LogP contribution in [0.15, 0.2) is 52.3 Å². The smallest absolute Gasteiger partial charge is 0.254 e. The van der Waals surface area contributed by atoms with Crippen molar-refractivity contribution in [2.45, 2.75) is 29.2 Å². The molecular formula is C19H22FN3O5S2. The van der Waals surface area contributed by atoms with Crippen molar-refractivity contribution >= 4 is 26.0 Å². The fraction of sp³-hybridized carbons (Fsp3) is 0.316. The lowest BCUT2D eigenvalue weighted by Crippen LogP contribution is -2.28. The molecule has 1 fully saturated rings. The third-order valence-corrected chi connectivity index (χ3v) is 8.17. The summed E-state index contributed by atoms with van der Waals surface area (Å²) in [6.07, 6.45) is 1.69. The average molecular weight is 456 g/mol. The van der Waals surface area contributed by atoms with Crippen molar-refractivity contribution in [3.8, 4) is 0 Å². The Morgan fingerprint density at radius 2 is 1.60 bits per heavy atom. The third-order valence-electron chi connectivity index (χ3n) is 4.84. The summed E-state index contributed by atoms with van der Waals surface area (Å²) in [5, 5.41) is 2.51. The first-order valence-electron chi connectivity index (χ1n) is 9.25. The van der Waals surface area contributed by atoms with Crippen molar-refractivity contribution in [2.24, 2.45) is 0 Å². The molecule has 0 bridgehead atoms. The lowest BCUT2D eigenvalue weighted by Gasteiger charge is -2.15. The Kier molecular flexibility index (Phi) is 6.56. The zero-order valence-corrected chi connectivity index (χ0v) is 17.9. The fourth-order valence-corrected chi connectivity index (χ4v) is 5.37. The molecule has 30 heavy (non-hydrogen) atoms. The molecule has 1 aliphatic heterocycles. The highest BCUT2D eigenvalue weighted by Crippen LogP contribution is 2.21. The van der Waals surface area contributed by atoms with Crippen LogP contribution in [-0.4, -0.2) is 47.2 Å². The highest BCUT2D eigenvalue weighted by molar-refractivity contribution is 7.89. The summed E-state index contributed by atoms with van der Waals surface area (Å²) in [6, 6.07) is 9.02. The molecule has 2 aromatic rings. The molecule has 1 saturated heterocycles. The molecule has 8 nitrogen and oxygen atoms in total. The van der Waals surface area contributed by atoms with Gasteiger partial charge in [-0.05, 0) is 55.8 Å². The number of carbonyl (C=O) groups is 1. The van der Waals surface area contributed by atoms with Crippen LogP contribution in [0.4, 0.5) is 4.39 Å². The van der Waals surface area contributed by atoms with Crippen molar-refractivity contribution in [1.82, 2.24) is 14.3 Å². The van der Waals surface area contributed by atoms with E-state index in [1.54, 1.807) is 12.1 Å². The zero-order valence-electron chi connectivity index (χ0n) is 16.3. The molecule has 0 spiro atoms. The topological polar surface area (TPSA) is 113 Å². The van der Waals surface area contributed by atoms with Gasteiger partial charge >= 0.3 is 0 Å². The lowest BCUT2D eigenvalue weighted by molar-refractivity contribution is 0.0946. The predicted molar refractivity (Wildman–Crippen MR) is 108 cm³/mol. The van der Waals surface area contributed by atoms with E-state index in [0.717, 1.165) is 31.0 Å². The van der Waals surface area contributed by atoms with Crippen LogP contribution in [0.25, 0.3) is 0 Å². The number of nitrogens with one attached hydrogen (secondary N) is 2. The number of nitrogens with zero attached hydrogens (tertiary/aromatic N) is 1. The minimum Gasteiger partial charge on any atom is -0.348 e. The van der Waals surface area contributed by atoms with Gasteiger partial charge in [-0.3, -0.25) is 4.79 Å². The molecule has 0 aromatic heterocycles. The van der Waals surface area contributed by atoms with Crippen molar-refractivity contribution in [3.05, 3.63) is 59.4 Å². The van der Waals surface area contributed by atoms with Gasteiger partial charge in [0, 0.05) is 19.6 Å². The largest absolute Gasteiger partial charge is 0.348 e. The van der Waals surface area contributed by atoms with Crippen LogP contribution in [-0.2, 0) is 26.6 Å². The Hall–Kier alpha value is -2.34. The van der Waals surface area contributed by atoms with E-state index in [4.69, 9.17) is 0 Å². The first-order valence-corrected chi connectivity index (χ1v) is 12.2. The molecule has 0 atom stereocenters. The van der Waals surface area contributed by atoms with Crippen LogP contribution in [0, 0.1) is 5.82 Å². The van der Waals surface area contributed by atoms with E-state index < -0.39 is 37.3 Å². The number of carbonyl (C=O) groups excluding carboxylic acids is 1. The van der Waals surface area contributed by atoms with Crippen LogP contribution >= 0.6 is 0 Å². The number of amides is 1. The van der Waals surface area contributed by atoms with E-state index in [9.17, 15) is 26.0 Å². The number of benzene rings is 2. The maximum atomic E-state index is 14.0. The van der Waals surface area contributed by atoms with Gasteiger partial charge in [0.1, 0.15) is 5.82 Å². The first kappa shape index (κ1) is 22.3. The van der Waals surface area contributed by atoms with Crippen LogP contribution in [0.2, 0.25) is 0 Å². The molecule has 1 aliphatic rings. The molecule has 11 heteroatoms. The van der Waals surface area contributed by atoms with E-state index in [0.29, 0.717) is 18.7 Å². The summed E-state index contributed by atoms with van der Waals surface area (Å²) in [5.41, 5.74) is 0.211. The van der Waals surface area contributed by atoms with Gasteiger partial charge in [0.25, 0.3) is 5.91 Å². The minimum absolute atomic E-state index is 0.0192. The Bertz CT molecular complexity index is 1140. The highest BCUT2D eigenvalue weighted by Gasteiger charge is 2.27. The number of hydrogen-bond acceptors (Lipinski definition) is 5. The molecule has 1 heterocycles. The van der Waals surface area contributed by atoms with E-state index in [2.05, 4.69) is 10.0 Å². The molecular weight excluding hydrogens is 433 g/mol. The molecule has 3 rings (SSSR count). The molecule has 0 unspecified atom stereocenters. The maximum absolute atomic E-state index is 14.0. The summed E-state index contributed by atoms with van der Waals surface area (Å²) in [5.74, 6) is -1.64. The van der Waals surface area contributed by atoms with E-state index >= 15 is 0 Å². The molecule has 2 aromatic carbocycles. The number of halogens is 1. The Morgan fingerprint density at radius 3 is 2.20 bits per heavy atom. The predicted octanol–water partition coefficient (Wildman–Crippen LogP) is 1.45. The molecule has 0 saturated carbocycles. The van der Waals surface area contributed by atoms with Gasteiger partial charge < -0.3 is 5.32 Å². The van der Waals surface area contributed by atoms with Gasteiger partial charge in [-0.15, -0.1) is 0 Å². The molecule has 1 amide bonds. The Balaban J connectivity index is 1.70. The summed E-state index contributed by atoms with van der Waals surface area (Å²) in [4.78, 5) is 12.3. The fourth-order valence-electron chi connectivity index (χ4n) is 3.10. The van der Waals surface area contributed by atoms with E-state index in [1.807, 2.05) is 0 Å². The maximum Gasteiger partial charge on any atom is 0.254 e. The number of rotatable bonds is 7. The second-order valence-corrected chi connectivity index (χ2v) is 10.6. The summed E-state index contributed by atoms with van der Waals surface area (Å²) in [6.45, 7) is 1.04. The number of sulfonamides is 2. The third kappa shape index (κ3) is 4.69. The Morgan fingerprint density at radius 1 is 1.00 bits per heavy atom. The normalized spacial score (nSPS) is 15.3. The molecule has 2 N–H and O–H groups in total. The van der Waals surface area contributed by atoms with Gasteiger partial charge in [0.2, 0.25) is 20.0 Å². The van der Waals surface area contributed by atoms with Crippen molar-refractivity contribution < 1.29 is 26.0 Å². The van der Waals surface area contributed by atoms with Gasteiger partial charge in [-0.2, -0.15) is 4.31 Å². The Labute approximate surface area is 175 Å². The van der Waals surface area contributed by atoms with Crippen LogP contribution in [0.5, 0.6) is 0 Å². The summed E-state index contributed by atoms with van der Waals surface area (Å²) < 4.78 is 66.3. The van der Waals surface area contributed by atoms with E-state index in [1.165, 1.54) is 23.5 Å². The molecule has 0 radical (unpaired) electrons. The van der Waals surface area contributed by atoms with Gasteiger partial charge in [0.05, 0.1) is 15.4 Å². The van der Waals surface area contributed by atoms with Gasteiger partial charge in [-0.25, -0.2) is 25.9 Å². The molecule has 0 aliphatic carbocycles. The van der Waals surface area contributed by atoms with Crippen molar-refractivity contribution in [2.75, 3.05) is 20.1 Å². The van der Waals surface area contributed by atoms with Crippen LogP contribution in [0.3, 0.4) is 0 Å². The summed E-state index contributed by atoms with van der Waals surface area (Å²) in [7, 11) is -6.13. The average Bonchev–Trinajstić information content (AvgIpc) is 3.28. The second kappa shape index (κ2) is 8.80. The van der Waals surface area contributed by atoms with Crippen LogP contribution in [0.1, 0.15) is 28.8 Å².